The van der Waals surface area contributed by atoms with E-state index < -0.39 is 0 Å². The van der Waals surface area contributed by atoms with E-state index in [1.54, 1.807) is 0 Å². The second-order valence-corrected chi connectivity index (χ2v) is 4.43. The van der Waals surface area contributed by atoms with Crippen LogP contribution in [0, 0.1) is 0 Å². The molecule has 0 bridgehead atoms. The maximum Gasteiger partial charge on any atom is 0.180 e. The summed E-state index contributed by atoms with van der Waals surface area (Å²) in [4.78, 5) is 0. The number of hydrogen-bond donors (Lipinski definition) is 1. The molecule has 0 heterocycles. The molecule has 0 fully saturated rings. The number of benzene rings is 1. The molecule has 0 aliphatic carbocycles. The van der Waals surface area contributed by atoms with E-state index >= 15 is 0 Å². The molecule has 0 amide bonds. The lowest BCUT2D eigenvalue weighted by atomic mass is 10.2. The molecule has 0 atom stereocenters. The Morgan fingerprint density at radius 1 is 1.05 bits per heavy atom. The van der Waals surface area contributed by atoms with Gasteiger partial charge in [-0.25, -0.2) is 0 Å². The molecule has 20 heavy (non-hydrogen) atoms. The molecule has 0 aliphatic heterocycles. The molecule has 0 saturated carbocycles. The molecule has 4 nitrogen and oxygen atoms in total. The summed E-state index contributed by atoms with van der Waals surface area (Å²) in [5.74, 6) is 0. The van der Waals surface area contributed by atoms with E-state index in [1.165, 1.54) is 5.56 Å². The van der Waals surface area contributed by atoms with Crippen molar-refractivity contribution in [1.82, 2.24) is 5.32 Å². The van der Waals surface area contributed by atoms with Gasteiger partial charge >= 0.3 is 0 Å². The van der Waals surface area contributed by atoms with Gasteiger partial charge in [-0.15, -0.1) is 0 Å². The summed E-state index contributed by atoms with van der Waals surface area (Å²) in [5.41, 5.74) is 1.31. The van der Waals surface area contributed by atoms with Gasteiger partial charge in [0.15, 0.2) is 6.29 Å². The molecule has 0 spiro atoms. The van der Waals surface area contributed by atoms with Gasteiger partial charge in [0.2, 0.25) is 0 Å². The molecule has 1 aromatic rings. The molecule has 1 rings (SSSR count). The minimum atomic E-state index is -0.234. The first-order valence-electron chi connectivity index (χ1n) is 7.42. The molecular formula is C16H27NO3. The van der Waals surface area contributed by atoms with Crippen LogP contribution in [0.15, 0.2) is 30.3 Å². The Morgan fingerprint density at radius 2 is 1.75 bits per heavy atom. The van der Waals surface area contributed by atoms with Gasteiger partial charge in [0, 0.05) is 26.4 Å². The standard InChI is InChI=1S/C16H27NO3/c1-3-19-16(20-4-2)14-18-12-8-11-17-13-15-9-6-5-7-10-15/h5-7,9-10,16-17H,3-4,8,11-14H2,1-2H3. The summed E-state index contributed by atoms with van der Waals surface area (Å²) >= 11 is 0. The normalized spacial score (nSPS) is 11.2. The second-order valence-electron chi connectivity index (χ2n) is 4.43. The highest BCUT2D eigenvalue weighted by molar-refractivity contribution is 5.14. The average Bonchev–Trinajstić information content (AvgIpc) is 2.47. The lowest BCUT2D eigenvalue weighted by Gasteiger charge is -2.16. The van der Waals surface area contributed by atoms with Gasteiger partial charge in [0.05, 0.1) is 6.61 Å². The van der Waals surface area contributed by atoms with Crippen LogP contribution in [-0.2, 0) is 20.8 Å². The number of hydrogen-bond acceptors (Lipinski definition) is 4. The third kappa shape index (κ3) is 8.27. The molecule has 0 aliphatic rings. The van der Waals surface area contributed by atoms with Gasteiger partial charge in [0.1, 0.15) is 0 Å². The fraction of sp³-hybridized carbons (Fsp3) is 0.625. The smallest absolute Gasteiger partial charge is 0.180 e. The van der Waals surface area contributed by atoms with Crippen LogP contribution >= 0.6 is 0 Å². The van der Waals surface area contributed by atoms with E-state index in [0.717, 1.165) is 26.1 Å². The Kier molecular flexibility index (Phi) is 10.1. The van der Waals surface area contributed by atoms with Crippen LogP contribution in [-0.4, -0.2) is 39.3 Å². The summed E-state index contributed by atoms with van der Waals surface area (Å²) in [6.45, 7) is 8.28. The Morgan fingerprint density at radius 3 is 2.40 bits per heavy atom. The van der Waals surface area contributed by atoms with Crippen LogP contribution in [0.1, 0.15) is 25.8 Å². The fourth-order valence-electron chi connectivity index (χ4n) is 1.82. The molecule has 0 unspecified atom stereocenters. The van der Waals surface area contributed by atoms with Crippen molar-refractivity contribution in [3.8, 4) is 0 Å². The van der Waals surface area contributed by atoms with E-state index in [9.17, 15) is 0 Å². The van der Waals surface area contributed by atoms with Crippen LogP contribution in [0.25, 0.3) is 0 Å². The quantitative estimate of drug-likeness (QED) is 0.472. The molecule has 114 valence electrons. The Hall–Kier alpha value is -0.940. The first kappa shape index (κ1) is 17.1. The zero-order chi connectivity index (χ0) is 14.5. The Labute approximate surface area is 122 Å². The highest BCUT2D eigenvalue weighted by Crippen LogP contribution is 1.98. The van der Waals surface area contributed by atoms with E-state index in [0.29, 0.717) is 19.8 Å². The van der Waals surface area contributed by atoms with E-state index in [1.807, 2.05) is 19.9 Å². The first-order chi connectivity index (χ1) is 9.86. The summed E-state index contributed by atoms with van der Waals surface area (Å²) in [6.07, 6.45) is 0.750. The predicted octanol–water partition coefficient (Wildman–Crippen LogP) is 2.58. The third-order valence-corrected chi connectivity index (χ3v) is 2.77. The number of ether oxygens (including phenoxy) is 3. The van der Waals surface area contributed by atoms with Crippen molar-refractivity contribution in [3.05, 3.63) is 35.9 Å². The van der Waals surface area contributed by atoms with Gasteiger partial charge in [0.25, 0.3) is 0 Å². The summed E-state index contributed by atoms with van der Waals surface area (Å²) in [5, 5.41) is 3.40. The zero-order valence-corrected chi connectivity index (χ0v) is 12.6. The predicted molar refractivity (Wildman–Crippen MR) is 80.6 cm³/mol. The lowest BCUT2D eigenvalue weighted by molar-refractivity contribution is -0.167. The Bertz CT molecular complexity index is 313. The summed E-state index contributed by atoms with van der Waals surface area (Å²) in [7, 11) is 0. The van der Waals surface area contributed by atoms with E-state index in [4.69, 9.17) is 14.2 Å². The van der Waals surface area contributed by atoms with Crippen LogP contribution in [0.3, 0.4) is 0 Å². The lowest BCUT2D eigenvalue weighted by Crippen LogP contribution is -2.24. The SMILES string of the molecule is CCOC(COCCCNCc1ccccc1)OCC. The zero-order valence-electron chi connectivity index (χ0n) is 12.6. The van der Waals surface area contributed by atoms with Gasteiger partial charge in [-0.05, 0) is 32.4 Å². The van der Waals surface area contributed by atoms with Gasteiger partial charge in [-0.2, -0.15) is 0 Å². The largest absolute Gasteiger partial charge is 0.376 e. The highest BCUT2D eigenvalue weighted by Gasteiger charge is 2.07. The second kappa shape index (κ2) is 11.9. The monoisotopic (exact) mass is 281 g/mol. The molecule has 4 heteroatoms. The first-order valence-corrected chi connectivity index (χ1v) is 7.42. The molecule has 0 saturated heterocycles. The highest BCUT2D eigenvalue weighted by atomic mass is 16.7. The summed E-state index contributed by atoms with van der Waals surface area (Å²) < 4.78 is 16.4. The van der Waals surface area contributed by atoms with Gasteiger partial charge in [-0.1, -0.05) is 30.3 Å². The van der Waals surface area contributed by atoms with E-state index in [-0.39, 0.29) is 6.29 Å². The maximum absolute atomic E-state index is 5.56. The topological polar surface area (TPSA) is 39.7 Å². The van der Waals surface area contributed by atoms with Crippen molar-refractivity contribution < 1.29 is 14.2 Å². The van der Waals surface area contributed by atoms with Crippen molar-refractivity contribution in [2.75, 3.05) is 33.0 Å². The minimum Gasteiger partial charge on any atom is -0.376 e. The average molecular weight is 281 g/mol. The van der Waals surface area contributed by atoms with Crippen molar-refractivity contribution in [1.29, 1.82) is 0 Å². The van der Waals surface area contributed by atoms with Crippen molar-refractivity contribution in [2.45, 2.75) is 33.1 Å². The van der Waals surface area contributed by atoms with Crippen LogP contribution in [0.4, 0.5) is 0 Å². The van der Waals surface area contributed by atoms with Crippen molar-refractivity contribution >= 4 is 0 Å². The summed E-state index contributed by atoms with van der Waals surface area (Å²) in [6, 6.07) is 10.4. The molecule has 0 aromatic heterocycles. The van der Waals surface area contributed by atoms with Crippen LogP contribution < -0.4 is 5.32 Å². The minimum absolute atomic E-state index is 0.234. The fourth-order valence-corrected chi connectivity index (χ4v) is 1.82. The Balaban J connectivity index is 1.96. The molecule has 0 radical (unpaired) electrons. The van der Waals surface area contributed by atoms with Crippen molar-refractivity contribution in [2.24, 2.45) is 0 Å². The number of nitrogens with one attached hydrogen (secondary N) is 1. The molecule has 1 aromatic carbocycles. The van der Waals surface area contributed by atoms with Crippen LogP contribution in [0.5, 0.6) is 0 Å². The molecular weight excluding hydrogens is 254 g/mol. The van der Waals surface area contributed by atoms with Crippen LogP contribution in [0.2, 0.25) is 0 Å². The maximum atomic E-state index is 5.56. The molecule has 1 N–H and O–H groups in total. The third-order valence-electron chi connectivity index (χ3n) is 2.77. The van der Waals surface area contributed by atoms with E-state index in [2.05, 4.69) is 29.6 Å². The van der Waals surface area contributed by atoms with Crippen molar-refractivity contribution in [3.63, 3.8) is 0 Å². The van der Waals surface area contributed by atoms with Gasteiger partial charge in [-0.3, -0.25) is 0 Å². The van der Waals surface area contributed by atoms with Gasteiger partial charge < -0.3 is 19.5 Å². The number of rotatable bonds is 12.